The number of hydrogen-bond donors (Lipinski definition) is 2. The van der Waals surface area contributed by atoms with E-state index in [1.165, 1.54) is 20.3 Å². The second-order valence-electron chi connectivity index (χ2n) is 3.30. The first-order valence-corrected chi connectivity index (χ1v) is 5.26. The topological polar surface area (TPSA) is 81.8 Å². The molecule has 3 N–H and O–H groups in total. The van der Waals surface area contributed by atoms with E-state index in [2.05, 4.69) is 0 Å². The molecule has 1 unspecified atom stereocenters. The van der Waals surface area contributed by atoms with Gasteiger partial charge in [-0.3, -0.25) is 4.79 Å². The molecule has 0 aliphatic rings. The van der Waals surface area contributed by atoms with Crippen LogP contribution in [-0.4, -0.2) is 32.2 Å². The molecule has 5 nitrogen and oxygen atoms in total. The molecule has 0 heterocycles. The van der Waals surface area contributed by atoms with E-state index in [1.54, 1.807) is 0 Å². The second-order valence-corrected chi connectivity index (χ2v) is 3.70. The lowest BCUT2D eigenvalue weighted by molar-refractivity contribution is 0.111. The van der Waals surface area contributed by atoms with E-state index in [4.69, 9.17) is 26.8 Å². The summed E-state index contributed by atoms with van der Waals surface area (Å²) < 4.78 is 10.2. The number of aliphatic hydroxyl groups excluding tert-OH is 1. The Labute approximate surface area is 104 Å². The summed E-state index contributed by atoms with van der Waals surface area (Å²) in [6.45, 7) is -0.0142. The van der Waals surface area contributed by atoms with Gasteiger partial charge in [0.15, 0.2) is 17.8 Å². The highest BCUT2D eigenvalue weighted by molar-refractivity contribution is 6.32. The minimum atomic E-state index is -0.980. The average molecular weight is 260 g/mol. The van der Waals surface area contributed by atoms with Crippen LogP contribution in [0.15, 0.2) is 6.07 Å². The summed E-state index contributed by atoms with van der Waals surface area (Å²) in [4.78, 5) is 10.9. The van der Waals surface area contributed by atoms with Gasteiger partial charge >= 0.3 is 0 Å². The number of nitrogens with two attached hydrogens (primary N) is 1. The maximum absolute atomic E-state index is 10.9. The van der Waals surface area contributed by atoms with Crippen molar-refractivity contribution in [3.05, 3.63) is 22.2 Å². The Morgan fingerprint density at radius 3 is 2.47 bits per heavy atom. The molecule has 1 aromatic rings. The number of methoxy groups -OCH3 is 2. The normalized spacial score (nSPS) is 12.1. The predicted octanol–water partition coefficient (Wildman–Crippen LogP) is 1.16. The van der Waals surface area contributed by atoms with Gasteiger partial charge < -0.3 is 20.3 Å². The van der Waals surface area contributed by atoms with E-state index >= 15 is 0 Å². The number of rotatable bonds is 5. The standard InChI is InChI=1S/C11H14ClNO4/c1-16-10-6(5-14)3-7(12)9(8(15)4-13)11(10)17-2/h3,5,8,15H,4,13H2,1-2H3. The number of hydrogen-bond acceptors (Lipinski definition) is 5. The van der Waals surface area contributed by atoms with Gasteiger partial charge in [-0.05, 0) is 6.07 Å². The van der Waals surface area contributed by atoms with Crippen LogP contribution in [0, 0.1) is 0 Å². The molecule has 0 aromatic heterocycles. The molecule has 0 amide bonds. The maximum Gasteiger partial charge on any atom is 0.171 e. The summed E-state index contributed by atoms with van der Waals surface area (Å²) in [5.74, 6) is 0.453. The Morgan fingerprint density at radius 1 is 1.47 bits per heavy atom. The molecule has 0 bridgehead atoms. The van der Waals surface area contributed by atoms with E-state index in [-0.39, 0.29) is 28.6 Å². The minimum absolute atomic E-state index is 0.0142. The Balaban J connectivity index is 3.54. The fraction of sp³-hybridized carbons (Fsp3) is 0.364. The summed E-state index contributed by atoms with van der Waals surface area (Å²) in [6.07, 6.45) is -0.377. The van der Waals surface area contributed by atoms with Crippen molar-refractivity contribution in [3.63, 3.8) is 0 Å². The van der Waals surface area contributed by atoms with Crippen LogP contribution in [0.1, 0.15) is 22.0 Å². The summed E-state index contributed by atoms with van der Waals surface area (Å²) in [5, 5.41) is 9.98. The number of halogens is 1. The van der Waals surface area contributed by atoms with Crippen LogP contribution in [-0.2, 0) is 0 Å². The first-order valence-electron chi connectivity index (χ1n) is 4.88. The van der Waals surface area contributed by atoms with Crippen molar-refractivity contribution >= 4 is 17.9 Å². The first-order chi connectivity index (χ1) is 8.10. The van der Waals surface area contributed by atoms with E-state index in [1.807, 2.05) is 0 Å². The van der Waals surface area contributed by atoms with Gasteiger partial charge in [0, 0.05) is 12.1 Å². The smallest absolute Gasteiger partial charge is 0.171 e. The van der Waals surface area contributed by atoms with Crippen LogP contribution >= 0.6 is 11.6 Å². The number of carbonyl (C=O) groups excluding carboxylic acids is 1. The molecule has 1 aromatic carbocycles. The molecule has 0 spiro atoms. The molecule has 94 valence electrons. The molecule has 1 atom stereocenters. The number of aldehydes is 1. The van der Waals surface area contributed by atoms with E-state index in [0.717, 1.165) is 0 Å². The number of benzene rings is 1. The zero-order valence-corrected chi connectivity index (χ0v) is 10.3. The molecule has 0 saturated carbocycles. The van der Waals surface area contributed by atoms with Crippen molar-refractivity contribution in [2.75, 3.05) is 20.8 Å². The van der Waals surface area contributed by atoms with Crippen molar-refractivity contribution in [2.24, 2.45) is 5.73 Å². The minimum Gasteiger partial charge on any atom is -0.492 e. The first kappa shape index (κ1) is 13.8. The summed E-state index contributed by atoms with van der Waals surface area (Å²) in [6, 6.07) is 1.41. The third kappa shape index (κ3) is 2.52. The second kappa shape index (κ2) is 5.86. The van der Waals surface area contributed by atoms with Gasteiger partial charge in [-0.2, -0.15) is 0 Å². The monoisotopic (exact) mass is 259 g/mol. The molecule has 17 heavy (non-hydrogen) atoms. The highest BCUT2D eigenvalue weighted by Crippen LogP contribution is 2.41. The van der Waals surface area contributed by atoms with Gasteiger partial charge in [-0.1, -0.05) is 11.6 Å². The average Bonchev–Trinajstić information content (AvgIpc) is 2.36. The SMILES string of the molecule is COc1c(C=O)cc(Cl)c(C(O)CN)c1OC. The summed E-state index contributed by atoms with van der Waals surface area (Å²) >= 11 is 5.98. The molecule has 0 saturated heterocycles. The molecule has 1 rings (SSSR count). The van der Waals surface area contributed by atoms with Gasteiger partial charge in [-0.25, -0.2) is 0 Å². The van der Waals surface area contributed by atoms with Gasteiger partial charge in [-0.15, -0.1) is 0 Å². The predicted molar refractivity (Wildman–Crippen MR) is 64.0 cm³/mol. The third-order valence-corrected chi connectivity index (χ3v) is 2.66. The highest BCUT2D eigenvalue weighted by atomic mass is 35.5. The van der Waals surface area contributed by atoms with Gasteiger partial charge in [0.25, 0.3) is 0 Å². The summed E-state index contributed by atoms with van der Waals surface area (Å²) in [7, 11) is 2.80. The molecule has 0 fully saturated rings. The van der Waals surface area contributed by atoms with E-state index in [9.17, 15) is 9.90 Å². The lowest BCUT2D eigenvalue weighted by Crippen LogP contribution is -2.14. The van der Waals surface area contributed by atoms with Crippen molar-refractivity contribution in [1.29, 1.82) is 0 Å². The number of carbonyl (C=O) groups is 1. The third-order valence-electron chi connectivity index (χ3n) is 2.34. The van der Waals surface area contributed by atoms with Crippen molar-refractivity contribution in [2.45, 2.75) is 6.10 Å². The van der Waals surface area contributed by atoms with Crippen LogP contribution in [0.5, 0.6) is 11.5 Å². The fourth-order valence-corrected chi connectivity index (χ4v) is 1.90. The van der Waals surface area contributed by atoms with Crippen LogP contribution in [0.25, 0.3) is 0 Å². The Hall–Kier alpha value is -1.30. The van der Waals surface area contributed by atoms with Crippen molar-refractivity contribution in [1.82, 2.24) is 0 Å². The molecule has 0 aliphatic heterocycles. The largest absolute Gasteiger partial charge is 0.492 e. The van der Waals surface area contributed by atoms with Crippen LogP contribution in [0.2, 0.25) is 5.02 Å². The van der Waals surface area contributed by atoms with Gasteiger partial charge in [0.1, 0.15) is 0 Å². The fourth-order valence-electron chi connectivity index (χ4n) is 1.57. The molecule has 0 radical (unpaired) electrons. The van der Waals surface area contributed by atoms with E-state index < -0.39 is 6.10 Å². The Morgan fingerprint density at radius 2 is 2.06 bits per heavy atom. The Kier molecular flexibility index (Phi) is 4.74. The Bertz CT molecular complexity index is 422. The van der Waals surface area contributed by atoms with Gasteiger partial charge in [0.05, 0.1) is 30.9 Å². The van der Waals surface area contributed by atoms with E-state index in [0.29, 0.717) is 11.8 Å². The molecular weight excluding hydrogens is 246 g/mol. The molecule has 0 aliphatic carbocycles. The lowest BCUT2D eigenvalue weighted by Gasteiger charge is -2.18. The zero-order chi connectivity index (χ0) is 13.0. The van der Waals surface area contributed by atoms with Crippen molar-refractivity contribution < 1.29 is 19.4 Å². The van der Waals surface area contributed by atoms with Crippen molar-refractivity contribution in [3.8, 4) is 11.5 Å². The lowest BCUT2D eigenvalue weighted by atomic mass is 10.0. The molecular formula is C11H14ClNO4. The number of aliphatic hydroxyl groups is 1. The number of ether oxygens (including phenoxy) is 2. The van der Waals surface area contributed by atoms with Crippen LogP contribution < -0.4 is 15.2 Å². The van der Waals surface area contributed by atoms with Crippen LogP contribution in [0.3, 0.4) is 0 Å². The summed E-state index contributed by atoms with van der Waals surface area (Å²) in [5.41, 5.74) is 5.95. The van der Waals surface area contributed by atoms with Gasteiger partial charge in [0.2, 0.25) is 0 Å². The maximum atomic E-state index is 10.9. The highest BCUT2D eigenvalue weighted by Gasteiger charge is 2.23. The van der Waals surface area contributed by atoms with Crippen LogP contribution in [0.4, 0.5) is 0 Å². The zero-order valence-electron chi connectivity index (χ0n) is 9.57. The molecule has 6 heteroatoms. The quantitative estimate of drug-likeness (QED) is 0.776.